The van der Waals surface area contributed by atoms with Gasteiger partial charge in [-0.05, 0) is 31.0 Å². The summed E-state index contributed by atoms with van der Waals surface area (Å²) in [6.07, 6.45) is 0.683. The summed E-state index contributed by atoms with van der Waals surface area (Å²) in [6, 6.07) is 6.20. The molecule has 0 radical (unpaired) electrons. The fraction of sp³-hybridized carbons (Fsp3) is 0.333. The number of nitrogens with two attached hydrogens (primary N) is 1. The van der Waals surface area contributed by atoms with Crippen molar-refractivity contribution in [3.8, 4) is 0 Å². The maximum absolute atomic E-state index is 13.2. The minimum Gasteiger partial charge on any atom is -0.395 e. The molecule has 1 aromatic heterocycles. The van der Waals surface area contributed by atoms with Gasteiger partial charge < -0.3 is 10.6 Å². The van der Waals surface area contributed by atoms with Gasteiger partial charge in [0.15, 0.2) is 5.69 Å². The van der Waals surface area contributed by atoms with Gasteiger partial charge in [-0.2, -0.15) is 5.10 Å². The Hall–Kier alpha value is -2.37. The second-order valence-electron chi connectivity index (χ2n) is 4.77. The van der Waals surface area contributed by atoms with E-state index in [0.29, 0.717) is 25.2 Å². The summed E-state index contributed by atoms with van der Waals surface area (Å²) in [7, 11) is 0. The zero-order chi connectivity index (χ0) is 15.4. The standard InChI is InChI=1S/C15H19FN4O/c1-3-12-13(17)14(19-18-12)15(21)20(4-2)9-10-6-5-7-11(16)8-10/h5-8H,3-4,9,17H2,1-2H3,(H,18,19). The summed E-state index contributed by atoms with van der Waals surface area (Å²) in [6.45, 7) is 4.60. The van der Waals surface area contributed by atoms with E-state index >= 15 is 0 Å². The van der Waals surface area contributed by atoms with E-state index in [1.807, 2.05) is 13.8 Å². The number of amides is 1. The Morgan fingerprint density at radius 2 is 2.19 bits per heavy atom. The molecule has 0 unspecified atom stereocenters. The minimum absolute atomic E-state index is 0.227. The average molecular weight is 290 g/mol. The van der Waals surface area contributed by atoms with Crippen LogP contribution < -0.4 is 5.73 Å². The summed E-state index contributed by atoms with van der Waals surface area (Å²) in [5.74, 6) is -0.571. The van der Waals surface area contributed by atoms with Crippen molar-refractivity contribution < 1.29 is 9.18 Å². The van der Waals surface area contributed by atoms with Crippen molar-refractivity contribution in [1.29, 1.82) is 0 Å². The van der Waals surface area contributed by atoms with Crippen molar-refractivity contribution in [2.75, 3.05) is 12.3 Å². The highest BCUT2D eigenvalue weighted by Crippen LogP contribution is 2.18. The second-order valence-corrected chi connectivity index (χ2v) is 4.77. The summed E-state index contributed by atoms with van der Waals surface area (Å²) >= 11 is 0. The van der Waals surface area contributed by atoms with Crippen molar-refractivity contribution in [2.24, 2.45) is 0 Å². The van der Waals surface area contributed by atoms with E-state index in [2.05, 4.69) is 10.2 Å². The summed E-state index contributed by atoms with van der Waals surface area (Å²) in [5, 5.41) is 6.77. The van der Waals surface area contributed by atoms with Crippen LogP contribution in [-0.2, 0) is 13.0 Å². The van der Waals surface area contributed by atoms with Gasteiger partial charge in [-0.25, -0.2) is 4.39 Å². The summed E-state index contributed by atoms with van der Waals surface area (Å²) in [5.41, 5.74) is 8.02. The number of halogens is 1. The highest BCUT2D eigenvalue weighted by molar-refractivity contribution is 5.97. The number of H-pyrrole nitrogens is 1. The molecule has 3 N–H and O–H groups in total. The van der Waals surface area contributed by atoms with E-state index < -0.39 is 0 Å². The number of nitrogens with one attached hydrogen (secondary N) is 1. The van der Waals surface area contributed by atoms with Gasteiger partial charge in [0.25, 0.3) is 5.91 Å². The molecule has 0 aliphatic carbocycles. The SMILES string of the molecule is CCc1[nH]nc(C(=O)N(CC)Cc2cccc(F)c2)c1N. The fourth-order valence-electron chi connectivity index (χ4n) is 2.15. The molecule has 5 nitrogen and oxygen atoms in total. The molecule has 0 saturated carbocycles. The first-order valence-corrected chi connectivity index (χ1v) is 6.93. The Balaban J connectivity index is 2.20. The zero-order valence-corrected chi connectivity index (χ0v) is 12.2. The molecular formula is C15H19FN4O. The highest BCUT2D eigenvalue weighted by Gasteiger charge is 2.21. The van der Waals surface area contributed by atoms with Crippen LogP contribution in [0.4, 0.5) is 10.1 Å². The molecule has 0 bridgehead atoms. The van der Waals surface area contributed by atoms with Gasteiger partial charge in [0.05, 0.1) is 11.4 Å². The van der Waals surface area contributed by atoms with Crippen LogP contribution in [-0.4, -0.2) is 27.5 Å². The van der Waals surface area contributed by atoms with E-state index in [1.54, 1.807) is 17.0 Å². The molecule has 21 heavy (non-hydrogen) atoms. The number of benzene rings is 1. The van der Waals surface area contributed by atoms with E-state index in [4.69, 9.17) is 5.73 Å². The van der Waals surface area contributed by atoms with Crippen molar-refractivity contribution in [3.63, 3.8) is 0 Å². The lowest BCUT2D eigenvalue weighted by Gasteiger charge is -2.20. The first-order valence-electron chi connectivity index (χ1n) is 6.93. The number of carbonyl (C=O) groups is 1. The monoisotopic (exact) mass is 290 g/mol. The van der Waals surface area contributed by atoms with Gasteiger partial charge in [0.2, 0.25) is 0 Å². The lowest BCUT2D eigenvalue weighted by Crippen LogP contribution is -2.31. The Morgan fingerprint density at radius 3 is 2.76 bits per heavy atom. The van der Waals surface area contributed by atoms with Gasteiger partial charge in [-0.1, -0.05) is 19.1 Å². The van der Waals surface area contributed by atoms with Gasteiger partial charge >= 0.3 is 0 Å². The van der Waals surface area contributed by atoms with Gasteiger partial charge in [0, 0.05) is 13.1 Å². The molecule has 0 atom stereocenters. The molecule has 1 aromatic carbocycles. The second kappa shape index (κ2) is 6.39. The quantitative estimate of drug-likeness (QED) is 0.887. The van der Waals surface area contributed by atoms with Crippen molar-refractivity contribution in [2.45, 2.75) is 26.8 Å². The van der Waals surface area contributed by atoms with Gasteiger partial charge in [-0.15, -0.1) is 0 Å². The fourth-order valence-corrected chi connectivity index (χ4v) is 2.15. The molecule has 0 spiro atoms. The molecule has 112 valence electrons. The molecule has 0 aliphatic rings. The van der Waals surface area contributed by atoms with Crippen molar-refractivity contribution in [3.05, 3.63) is 47.0 Å². The number of nitrogen functional groups attached to an aromatic ring is 1. The van der Waals surface area contributed by atoms with Crippen LogP contribution >= 0.6 is 0 Å². The van der Waals surface area contributed by atoms with Crippen LogP contribution in [0.15, 0.2) is 24.3 Å². The van der Waals surface area contributed by atoms with Crippen LogP contribution in [0, 0.1) is 5.82 Å². The lowest BCUT2D eigenvalue weighted by atomic mass is 10.2. The number of aryl methyl sites for hydroxylation is 1. The zero-order valence-electron chi connectivity index (χ0n) is 12.2. The van der Waals surface area contributed by atoms with E-state index in [9.17, 15) is 9.18 Å². The van der Waals surface area contributed by atoms with E-state index in [-0.39, 0.29) is 17.4 Å². The average Bonchev–Trinajstić information content (AvgIpc) is 2.85. The van der Waals surface area contributed by atoms with E-state index in [0.717, 1.165) is 11.3 Å². The maximum Gasteiger partial charge on any atom is 0.276 e. The van der Waals surface area contributed by atoms with Crippen LogP contribution in [0.25, 0.3) is 0 Å². The topological polar surface area (TPSA) is 75.0 Å². The van der Waals surface area contributed by atoms with Crippen LogP contribution in [0.5, 0.6) is 0 Å². The predicted octanol–water partition coefficient (Wildman–Crippen LogP) is 2.36. The highest BCUT2D eigenvalue weighted by atomic mass is 19.1. The molecular weight excluding hydrogens is 271 g/mol. The van der Waals surface area contributed by atoms with Gasteiger partial charge in [-0.3, -0.25) is 9.89 Å². The number of aromatic nitrogens is 2. The molecule has 0 aliphatic heterocycles. The third-order valence-electron chi connectivity index (χ3n) is 3.37. The third-order valence-corrected chi connectivity index (χ3v) is 3.37. The normalized spacial score (nSPS) is 10.6. The molecule has 1 amide bonds. The smallest absolute Gasteiger partial charge is 0.276 e. The molecule has 0 fully saturated rings. The molecule has 0 saturated heterocycles. The Kier molecular flexibility index (Phi) is 4.57. The first kappa shape index (κ1) is 15.0. The number of hydrogen-bond acceptors (Lipinski definition) is 3. The number of hydrogen-bond donors (Lipinski definition) is 2. The molecule has 1 heterocycles. The summed E-state index contributed by atoms with van der Waals surface area (Å²) in [4.78, 5) is 14.1. The molecule has 2 aromatic rings. The van der Waals surface area contributed by atoms with Gasteiger partial charge in [0.1, 0.15) is 5.82 Å². The maximum atomic E-state index is 13.2. The largest absolute Gasteiger partial charge is 0.395 e. The van der Waals surface area contributed by atoms with Crippen LogP contribution in [0.2, 0.25) is 0 Å². The van der Waals surface area contributed by atoms with Crippen LogP contribution in [0.1, 0.15) is 35.6 Å². The lowest BCUT2D eigenvalue weighted by molar-refractivity contribution is 0.0747. The number of carbonyl (C=O) groups excluding carboxylic acids is 1. The van der Waals surface area contributed by atoms with Crippen molar-refractivity contribution >= 4 is 11.6 Å². The molecule has 2 rings (SSSR count). The minimum atomic E-state index is -0.316. The first-order chi connectivity index (χ1) is 10.1. The third kappa shape index (κ3) is 3.21. The number of rotatable bonds is 5. The Bertz CT molecular complexity index is 638. The Morgan fingerprint density at radius 1 is 1.43 bits per heavy atom. The number of anilines is 1. The Labute approximate surface area is 123 Å². The predicted molar refractivity (Wildman–Crippen MR) is 79.2 cm³/mol. The van der Waals surface area contributed by atoms with Crippen LogP contribution in [0.3, 0.4) is 0 Å². The molecule has 6 heteroatoms. The number of aromatic amines is 1. The number of nitrogens with zero attached hydrogens (tertiary/aromatic N) is 2. The van der Waals surface area contributed by atoms with E-state index in [1.165, 1.54) is 12.1 Å². The summed E-state index contributed by atoms with van der Waals surface area (Å²) < 4.78 is 13.2. The van der Waals surface area contributed by atoms with Crippen molar-refractivity contribution in [1.82, 2.24) is 15.1 Å².